The Morgan fingerprint density at radius 1 is 1.40 bits per heavy atom. The third-order valence-corrected chi connectivity index (χ3v) is 3.17. The molecule has 0 atom stereocenters. The molecule has 1 heterocycles. The molecule has 1 aromatic carbocycles. The Hall–Kier alpha value is -0.400. The molecule has 0 fully saturated rings. The number of rotatable bonds is 1. The van der Waals surface area contributed by atoms with Crippen LogP contribution in [0.15, 0.2) is 12.1 Å². The van der Waals surface area contributed by atoms with E-state index in [-0.39, 0.29) is 12.4 Å². The molecule has 0 unspecified atom stereocenters. The summed E-state index contributed by atoms with van der Waals surface area (Å²) in [6.07, 6.45) is 2.46. The minimum atomic E-state index is 0. The molecule has 84 valence electrons. The standard InChI is InChI=1S/C12H16ClN.ClH/c1-9-6-10-4-3-5-14(2)12(10)11(7-9)8-13;/h6-7H,3-5,8H2,1-2H3;1H. The van der Waals surface area contributed by atoms with Crippen LogP contribution in [0.4, 0.5) is 5.69 Å². The van der Waals surface area contributed by atoms with E-state index in [9.17, 15) is 0 Å². The first-order valence-corrected chi connectivity index (χ1v) is 5.65. The van der Waals surface area contributed by atoms with Crippen LogP contribution in [0.5, 0.6) is 0 Å². The normalized spacial score (nSPS) is 14.5. The molecule has 15 heavy (non-hydrogen) atoms. The summed E-state index contributed by atoms with van der Waals surface area (Å²) in [4.78, 5) is 2.33. The van der Waals surface area contributed by atoms with Crippen molar-refractivity contribution in [3.63, 3.8) is 0 Å². The SMILES string of the molecule is Cc1cc(CCl)c2c(c1)CCCN2C.Cl. The Labute approximate surface area is 103 Å². The number of hydrogen-bond donors (Lipinski definition) is 0. The highest BCUT2D eigenvalue weighted by Gasteiger charge is 2.17. The lowest BCUT2D eigenvalue weighted by atomic mass is 9.96. The first kappa shape index (κ1) is 12.7. The van der Waals surface area contributed by atoms with Crippen LogP contribution in [0.25, 0.3) is 0 Å². The van der Waals surface area contributed by atoms with Crippen LogP contribution in [0.1, 0.15) is 23.1 Å². The summed E-state index contributed by atoms with van der Waals surface area (Å²) in [6, 6.07) is 4.49. The van der Waals surface area contributed by atoms with Crippen LogP contribution in [0.3, 0.4) is 0 Å². The zero-order valence-electron chi connectivity index (χ0n) is 9.22. The molecule has 0 saturated heterocycles. The smallest absolute Gasteiger partial charge is 0.0494 e. The Bertz CT molecular complexity index is 332. The number of aryl methyl sites for hydroxylation is 2. The summed E-state index contributed by atoms with van der Waals surface area (Å²) in [7, 11) is 2.16. The fourth-order valence-electron chi connectivity index (χ4n) is 2.34. The fourth-order valence-corrected chi connectivity index (χ4v) is 2.54. The predicted octanol–water partition coefficient (Wildman–Crippen LogP) is 3.54. The van der Waals surface area contributed by atoms with Crippen molar-refractivity contribution in [2.24, 2.45) is 0 Å². The minimum Gasteiger partial charge on any atom is -0.374 e. The van der Waals surface area contributed by atoms with Gasteiger partial charge >= 0.3 is 0 Å². The van der Waals surface area contributed by atoms with Gasteiger partial charge in [-0.2, -0.15) is 0 Å². The van der Waals surface area contributed by atoms with Crippen molar-refractivity contribution >= 4 is 29.7 Å². The van der Waals surface area contributed by atoms with Crippen molar-refractivity contribution in [2.45, 2.75) is 25.6 Å². The fraction of sp³-hybridized carbons (Fsp3) is 0.500. The van der Waals surface area contributed by atoms with Crippen LogP contribution in [-0.4, -0.2) is 13.6 Å². The van der Waals surface area contributed by atoms with Gasteiger partial charge in [-0.25, -0.2) is 0 Å². The molecule has 1 aromatic rings. The summed E-state index contributed by atoms with van der Waals surface area (Å²) in [5, 5.41) is 0. The van der Waals surface area contributed by atoms with Gasteiger partial charge in [0.1, 0.15) is 0 Å². The Morgan fingerprint density at radius 3 is 2.80 bits per heavy atom. The van der Waals surface area contributed by atoms with Crippen molar-refractivity contribution in [3.8, 4) is 0 Å². The average molecular weight is 246 g/mol. The van der Waals surface area contributed by atoms with Crippen molar-refractivity contribution in [3.05, 3.63) is 28.8 Å². The maximum atomic E-state index is 5.97. The van der Waals surface area contributed by atoms with E-state index in [2.05, 4.69) is 31.0 Å². The van der Waals surface area contributed by atoms with E-state index in [1.54, 1.807) is 0 Å². The van der Waals surface area contributed by atoms with Gasteiger partial charge in [-0.3, -0.25) is 0 Å². The minimum absolute atomic E-state index is 0. The van der Waals surface area contributed by atoms with E-state index >= 15 is 0 Å². The van der Waals surface area contributed by atoms with Crippen molar-refractivity contribution in [2.75, 3.05) is 18.5 Å². The van der Waals surface area contributed by atoms with Gasteiger partial charge in [0.05, 0.1) is 0 Å². The molecule has 0 amide bonds. The Kier molecular flexibility index (Phi) is 4.30. The molecule has 0 radical (unpaired) electrons. The van der Waals surface area contributed by atoms with Gasteiger partial charge in [0.25, 0.3) is 0 Å². The lowest BCUT2D eigenvalue weighted by Crippen LogP contribution is -2.26. The van der Waals surface area contributed by atoms with Gasteiger partial charge < -0.3 is 4.90 Å². The molecular weight excluding hydrogens is 229 g/mol. The maximum absolute atomic E-state index is 5.97. The topological polar surface area (TPSA) is 3.24 Å². The van der Waals surface area contributed by atoms with Gasteiger partial charge in [0, 0.05) is 25.2 Å². The molecule has 0 aliphatic carbocycles. The highest BCUT2D eigenvalue weighted by Crippen LogP contribution is 2.32. The highest BCUT2D eigenvalue weighted by atomic mass is 35.5. The molecule has 1 nitrogen and oxygen atoms in total. The first-order chi connectivity index (χ1) is 6.72. The highest BCUT2D eigenvalue weighted by molar-refractivity contribution is 6.17. The van der Waals surface area contributed by atoms with E-state index in [0.717, 1.165) is 6.54 Å². The lowest BCUT2D eigenvalue weighted by Gasteiger charge is -2.30. The van der Waals surface area contributed by atoms with Crippen molar-refractivity contribution in [1.82, 2.24) is 0 Å². The second-order valence-corrected chi connectivity index (χ2v) is 4.36. The zero-order chi connectivity index (χ0) is 10.1. The molecule has 1 aliphatic heterocycles. The van der Waals surface area contributed by atoms with Crippen molar-refractivity contribution in [1.29, 1.82) is 0 Å². The molecule has 0 N–H and O–H groups in total. The first-order valence-electron chi connectivity index (χ1n) is 5.12. The van der Waals surface area contributed by atoms with E-state index in [0.29, 0.717) is 5.88 Å². The lowest BCUT2D eigenvalue weighted by molar-refractivity contribution is 0.740. The third kappa shape index (κ3) is 2.40. The van der Waals surface area contributed by atoms with E-state index in [4.69, 9.17) is 11.6 Å². The van der Waals surface area contributed by atoms with Crippen LogP contribution >= 0.6 is 24.0 Å². The number of alkyl halides is 1. The molecule has 1 aliphatic rings. The summed E-state index contributed by atoms with van der Waals surface area (Å²) in [5.41, 5.74) is 5.45. The molecule has 0 saturated carbocycles. The Balaban J connectivity index is 0.00000112. The second kappa shape index (κ2) is 5.09. The van der Waals surface area contributed by atoms with Gasteiger partial charge in [0.2, 0.25) is 0 Å². The number of halogens is 2. The van der Waals surface area contributed by atoms with Gasteiger partial charge in [0.15, 0.2) is 0 Å². The zero-order valence-corrected chi connectivity index (χ0v) is 10.8. The Morgan fingerprint density at radius 2 is 2.13 bits per heavy atom. The van der Waals surface area contributed by atoms with Gasteiger partial charge in [-0.1, -0.05) is 17.7 Å². The van der Waals surface area contributed by atoms with E-state index in [1.807, 2.05) is 0 Å². The van der Waals surface area contributed by atoms with Gasteiger partial charge in [-0.05, 0) is 30.9 Å². The molecule has 0 spiro atoms. The summed E-state index contributed by atoms with van der Waals surface area (Å²) in [6.45, 7) is 3.30. The van der Waals surface area contributed by atoms with Crippen LogP contribution in [0.2, 0.25) is 0 Å². The number of nitrogens with zero attached hydrogens (tertiary/aromatic N) is 1. The quantitative estimate of drug-likeness (QED) is 0.685. The molecular formula is C12H17Cl2N. The second-order valence-electron chi connectivity index (χ2n) is 4.09. The van der Waals surface area contributed by atoms with Crippen molar-refractivity contribution < 1.29 is 0 Å². The van der Waals surface area contributed by atoms with E-state index < -0.39 is 0 Å². The summed E-state index contributed by atoms with van der Waals surface area (Å²) >= 11 is 5.97. The monoisotopic (exact) mass is 245 g/mol. The summed E-state index contributed by atoms with van der Waals surface area (Å²) in [5.74, 6) is 0.619. The largest absolute Gasteiger partial charge is 0.374 e. The average Bonchev–Trinajstić information content (AvgIpc) is 2.16. The number of benzene rings is 1. The predicted molar refractivity (Wildman–Crippen MR) is 69.6 cm³/mol. The van der Waals surface area contributed by atoms with Crippen LogP contribution in [-0.2, 0) is 12.3 Å². The molecule has 3 heteroatoms. The maximum Gasteiger partial charge on any atom is 0.0494 e. The third-order valence-electron chi connectivity index (χ3n) is 2.88. The van der Waals surface area contributed by atoms with Gasteiger partial charge in [-0.15, -0.1) is 24.0 Å². The summed E-state index contributed by atoms with van der Waals surface area (Å²) < 4.78 is 0. The molecule has 2 rings (SSSR count). The number of hydrogen-bond acceptors (Lipinski definition) is 1. The van der Waals surface area contributed by atoms with Crippen LogP contribution < -0.4 is 4.90 Å². The van der Waals surface area contributed by atoms with E-state index in [1.165, 1.54) is 35.2 Å². The molecule has 0 bridgehead atoms. The number of fused-ring (bicyclic) bond motifs is 1. The van der Waals surface area contributed by atoms with Crippen LogP contribution in [0, 0.1) is 6.92 Å². The molecule has 0 aromatic heterocycles. The number of anilines is 1.